The summed E-state index contributed by atoms with van der Waals surface area (Å²) in [4.78, 5) is 0.181. The topological polar surface area (TPSA) is 46.2 Å². The highest BCUT2D eigenvalue weighted by molar-refractivity contribution is 7.92. The van der Waals surface area contributed by atoms with Crippen molar-refractivity contribution >= 4 is 9.84 Å². The zero-order valence-electron chi connectivity index (χ0n) is 11.0. The number of sulfone groups is 1. The fraction of sp³-hybridized carbons (Fsp3) is 0.538. The van der Waals surface area contributed by atoms with Crippen molar-refractivity contribution in [2.24, 2.45) is 0 Å². The Morgan fingerprint density at radius 3 is 2.28 bits per heavy atom. The second-order valence-corrected chi connectivity index (χ2v) is 6.87. The van der Waals surface area contributed by atoms with Crippen LogP contribution in [0.1, 0.15) is 27.2 Å². The van der Waals surface area contributed by atoms with Gasteiger partial charge in [0.15, 0.2) is 9.84 Å². The Morgan fingerprint density at radius 1 is 1.22 bits per heavy atom. The molecule has 0 saturated heterocycles. The van der Waals surface area contributed by atoms with Gasteiger partial charge < -0.3 is 5.32 Å². The van der Waals surface area contributed by atoms with E-state index in [0.29, 0.717) is 6.42 Å². The zero-order chi connectivity index (χ0) is 13.8. The molecule has 0 radical (unpaired) electrons. The monoisotopic (exact) mass is 273 g/mol. The summed E-state index contributed by atoms with van der Waals surface area (Å²) in [6, 6.07) is 5.12. The van der Waals surface area contributed by atoms with Gasteiger partial charge in [-0.15, -0.1) is 0 Å². The van der Waals surface area contributed by atoms with Gasteiger partial charge in [0, 0.05) is 6.04 Å². The summed E-state index contributed by atoms with van der Waals surface area (Å²) < 4.78 is 37.2. The van der Waals surface area contributed by atoms with Crippen molar-refractivity contribution in [2.45, 2.75) is 43.4 Å². The standard InChI is InChI=1S/C13H20FNO2S/c1-4-15-10(2)9-11(3)18(16,17)13-7-5-12(14)6-8-13/h5-8,10-11,15H,4,9H2,1-3H3. The van der Waals surface area contributed by atoms with Gasteiger partial charge in [0.05, 0.1) is 10.1 Å². The van der Waals surface area contributed by atoms with Crippen LogP contribution in [0.5, 0.6) is 0 Å². The smallest absolute Gasteiger partial charge is 0.181 e. The van der Waals surface area contributed by atoms with Crippen molar-refractivity contribution in [1.29, 1.82) is 0 Å². The molecule has 2 atom stereocenters. The van der Waals surface area contributed by atoms with Crippen molar-refractivity contribution in [1.82, 2.24) is 5.32 Å². The number of benzene rings is 1. The van der Waals surface area contributed by atoms with Crippen LogP contribution in [0, 0.1) is 5.82 Å². The van der Waals surface area contributed by atoms with E-state index in [1.807, 2.05) is 13.8 Å². The average molecular weight is 273 g/mol. The third-order valence-corrected chi connectivity index (χ3v) is 5.09. The molecule has 1 aromatic carbocycles. The van der Waals surface area contributed by atoms with Gasteiger partial charge in [-0.25, -0.2) is 12.8 Å². The molecule has 0 saturated carbocycles. The molecule has 0 spiro atoms. The first-order valence-electron chi connectivity index (χ1n) is 6.10. The van der Waals surface area contributed by atoms with E-state index in [2.05, 4.69) is 5.32 Å². The molecule has 0 aliphatic heterocycles. The first-order valence-corrected chi connectivity index (χ1v) is 7.65. The minimum Gasteiger partial charge on any atom is -0.314 e. The fourth-order valence-corrected chi connectivity index (χ4v) is 3.44. The molecule has 3 nitrogen and oxygen atoms in total. The predicted molar refractivity (Wildman–Crippen MR) is 70.8 cm³/mol. The van der Waals surface area contributed by atoms with Gasteiger partial charge in [-0.2, -0.15) is 0 Å². The highest BCUT2D eigenvalue weighted by Gasteiger charge is 2.24. The summed E-state index contributed by atoms with van der Waals surface area (Å²) in [5.74, 6) is -0.428. The van der Waals surface area contributed by atoms with Crippen LogP contribution in [0.4, 0.5) is 4.39 Å². The first kappa shape index (κ1) is 15.1. The van der Waals surface area contributed by atoms with E-state index in [0.717, 1.165) is 6.54 Å². The van der Waals surface area contributed by atoms with Crippen molar-refractivity contribution in [2.75, 3.05) is 6.54 Å². The Kier molecular flexibility index (Phi) is 5.28. The van der Waals surface area contributed by atoms with Gasteiger partial charge in [-0.05, 0) is 51.1 Å². The lowest BCUT2D eigenvalue weighted by molar-refractivity contribution is 0.509. The van der Waals surface area contributed by atoms with Crippen LogP contribution in [0.25, 0.3) is 0 Å². The number of hydrogen-bond donors (Lipinski definition) is 1. The van der Waals surface area contributed by atoms with Gasteiger partial charge in [0.1, 0.15) is 5.82 Å². The summed E-state index contributed by atoms with van der Waals surface area (Å²) in [5, 5.41) is 2.70. The molecule has 2 unspecified atom stereocenters. The average Bonchev–Trinajstić information content (AvgIpc) is 2.29. The zero-order valence-corrected chi connectivity index (χ0v) is 11.8. The fourth-order valence-electron chi connectivity index (χ4n) is 1.91. The van der Waals surface area contributed by atoms with E-state index in [9.17, 15) is 12.8 Å². The minimum absolute atomic E-state index is 0.139. The van der Waals surface area contributed by atoms with Crippen molar-refractivity contribution < 1.29 is 12.8 Å². The highest BCUT2D eigenvalue weighted by Crippen LogP contribution is 2.19. The van der Waals surface area contributed by atoms with Crippen molar-refractivity contribution in [3.8, 4) is 0 Å². The molecule has 0 bridgehead atoms. The third-order valence-electron chi connectivity index (χ3n) is 2.91. The van der Waals surface area contributed by atoms with Gasteiger partial charge >= 0.3 is 0 Å². The van der Waals surface area contributed by atoms with Crippen molar-refractivity contribution in [3.05, 3.63) is 30.1 Å². The maximum atomic E-state index is 12.8. The van der Waals surface area contributed by atoms with E-state index < -0.39 is 20.9 Å². The third kappa shape index (κ3) is 3.78. The molecule has 1 aromatic rings. The van der Waals surface area contributed by atoms with Crippen LogP contribution in [-0.2, 0) is 9.84 Å². The Labute approximate surface area is 108 Å². The Hall–Kier alpha value is -0.940. The largest absolute Gasteiger partial charge is 0.314 e. The van der Waals surface area contributed by atoms with Crippen LogP contribution >= 0.6 is 0 Å². The molecular weight excluding hydrogens is 253 g/mol. The normalized spacial score (nSPS) is 15.3. The highest BCUT2D eigenvalue weighted by atomic mass is 32.2. The van der Waals surface area contributed by atoms with E-state index in [4.69, 9.17) is 0 Å². The molecule has 0 aliphatic carbocycles. The molecule has 102 valence electrons. The van der Waals surface area contributed by atoms with Gasteiger partial charge in [0.25, 0.3) is 0 Å². The number of rotatable bonds is 6. The molecule has 18 heavy (non-hydrogen) atoms. The van der Waals surface area contributed by atoms with Gasteiger partial charge in [-0.1, -0.05) is 6.92 Å². The lowest BCUT2D eigenvalue weighted by Gasteiger charge is -2.18. The Bertz CT molecular complexity index is 470. The number of hydrogen-bond acceptors (Lipinski definition) is 3. The molecular formula is C13H20FNO2S. The predicted octanol–water partition coefficient (Wildman–Crippen LogP) is 2.38. The van der Waals surface area contributed by atoms with E-state index in [-0.39, 0.29) is 10.9 Å². The van der Waals surface area contributed by atoms with Gasteiger partial charge in [-0.3, -0.25) is 0 Å². The molecule has 0 fully saturated rings. The van der Waals surface area contributed by atoms with Crippen LogP contribution < -0.4 is 5.32 Å². The molecule has 5 heteroatoms. The first-order chi connectivity index (χ1) is 8.37. The lowest BCUT2D eigenvalue weighted by Crippen LogP contribution is -2.32. The Morgan fingerprint density at radius 2 is 1.78 bits per heavy atom. The van der Waals surface area contributed by atoms with E-state index in [1.54, 1.807) is 6.92 Å². The molecule has 1 N–H and O–H groups in total. The second kappa shape index (κ2) is 6.29. The molecule has 1 rings (SSSR count). The maximum absolute atomic E-state index is 12.8. The summed E-state index contributed by atoms with van der Waals surface area (Å²) in [5.41, 5.74) is 0. The van der Waals surface area contributed by atoms with Crippen LogP contribution in [0.3, 0.4) is 0 Å². The number of halogens is 1. The van der Waals surface area contributed by atoms with E-state index >= 15 is 0 Å². The second-order valence-electron chi connectivity index (χ2n) is 4.50. The Balaban J connectivity index is 2.83. The molecule has 0 heterocycles. The van der Waals surface area contributed by atoms with Crippen LogP contribution in [0.2, 0.25) is 0 Å². The molecule has 0 aromatic heterocycles. The van der Waals surface area contributed by atoms with Gasteiger partial charge in [0.2, 0.25) is 0 Å². The maximum Gasteiger partial charge on any atom is 0.181 e. The molecule has 0 aliphatic rings. The van der Waals surface area contributed by atoms with Crippen LogP contribution in [0.15, 0.2) is 29.2 Å². The summed E-state index contributed by atoms with van der Waals surface area (Å²) in [7, 11) is -3.38. The SMILES string of the molecule is CCNC(C)CC(C)S(=O)(=O)c1ccc(F)cc1. The van der Waals surface area contributed by atoms with Crippen molar-refractivity contribution in [3.63, 3.8) is 0 Å². The summed E-state index contributed by atoms with van der Waals surface area (Å²) in [6.45, 7) is 6.44. The molecule has 0 amide bonds. The number of nitrogens with one attached hydrogen (secondary N) is 1. The summed E-state index contributed by atoms with van der Waals surface area (Å²) in [6.07, 6.45) is 0.535. The van der Waals surface area contributed by atoms with E-state index in [1.165, 1.54) is 24.3 Å². The lowest BCUT2D eigenvalue weighted by atomic mass is 10.2. The summed E-state index contributed by atoms with van der Waals surface area (Å²) >= 11 is 0. The quantitative estimate of drug-likeness (QED) is 0.809. The van der Waals surface area contributed by atoms with Crippen LogP contribution in [-0.4, -0.2) is 26.3 Å². The minimum atomic E-state index is -3.38.